The van der Waals surface area contributed by atoms with Gasteiger partial charge in [-0.15, -0.1) is 0 Å². The van der Waals surface area contributed by atoms with E-state index in [-0.39, 0.29) is 6.61 Å². The first-order valence-electron chi connectivity index (χ1n) is 4.08. The number of hydrogen-bond donors (Lipinski definition) is 1. The number of carbonyl (C=O) groups is 3. The van der Waals surface area contributed by atoms with Gasteiger partial charge in [-0.2, -0.15) is 0 Å². The Hall–Kier alpha value is -1.92. The third-order valence-corrected chi connectivity index (χ3v) is 1.18. The van der Waals surface area contributed by atoms with E-state index in [0.717, 1.165) is 6.92 Å². The molecule has 7 heteroatoms. The fourth-order valence-corrected chi connectivity index (χ4v) is 0.606. The molecule has 0 fully saturated rings. The van der Waals surface area contributed by atoms with Gasteiger partial charge in [-0.1, -0.05) is 5.16 Å². The third-order valence-electron chi connectivity index (χ3n) is 1.18. The second-order valence-electron chi connectivity index (χ2n) is 2.38. The molecule has 0 spiro atoms. The van der Waals surface area contributed by atoms with Crippen molar-refractivity contribution in [3.05, 3.63) is 0 Å². The Balaban J connectivity index is 4.18. The van der Waals surface area contributed by atoms with Crippen LogP contribution in [0, 0.1) is 0 Å². The first-order valence-corrected chi connectivity index (χ1v) is 4.08. The lowest BCUT2D eigenvalue weighted by atomic mass is 10.3. The van der Waals surface area contributed by atoms with Crippen molar-refractivity contribution in [2.45, 2.75) is 13.8 Å². The van der Waals surface area contributed by atoms with E-state index in [1.807, 2.05) is 0 Å². The Bertz CT molecular complexity index is 280. The van der Waals surface area contributed by atoms with Crippen molar-refractivity contribution < 1.29 is 29.1 Å². The van der Waals surface area contributed by atoms with E-state index >= 15 is 0 Å². The van der Waals surface area contributed by atoms with Crippen molar-refractivity contribution in [1.29, 1.82) is 0 Å². The predicted molar refractivity (Wildman–Crippen MR) is 48.3 cm³/mol. The zero-order valence-corrected chi connectivity index (χ0v) is 8.35. The molecule has 0 radical (unpaired) electrons. The van der Waals surface area contributed by atoms with Crippen LogP contribution in [0.5, 0.6) is 0 Å². The predicted octanol–water partition coefficient (Wildman–Crippen LogP) is -0.404. The number of esters is 1. The average Bonchev–Trinajstić information content (AvgIpc) is 2.11. The molecule has 84 valence electrons. The largest absolute Gasteiger partial charge is 0.476 e. The Kier molecular flexibility index (Phi) is 5.69. The quantitative estimate of drug-likeness (QED) is 0.281. The van der Waals surface area contributed by atoms with Gasteiger partial charge in [-0.3, -0.25) is 4.79 Å². The summed E-state index contributed by atoms with van der Waals surface area (Å²) in [4.78, 5) is 36.1. The van der Waals surface area contributed by atoms with E-state index < -0.39 is 30.0 Å². The van der Waals surface area contributed by atoms with Crippen molar-refractivity contribution in [2.24, 2.45) is 5.16 Å². The summed E-state index contributed by atoms with van der Waals surface area (Å²) in [6, 6.07) is 0. The number of Topliss-reactive ketones (excluding diaryl/α,β-unsaturated/α-hetero) is 1. The molecule has 0 atom stereocenters. The number of aliphatic carboxylic acids is 1. The summed E-state index contributed by atoms with van der Waals surface area (Å²) in [5.74, 6) is -2.95. The first-order chi connectivity index (χ1) is 6.99. The monoisotopic (exact) mass is 217 g/mol. The summed E-state index contributed by atoms with van der Waals surface area (Å²) in [5.41, 5.74) is -0.765. The van der Waals surface area contributed by atoms with Gasteiger partial charge in [-0.05, 0) is 6.92 Å². The molecule has 1 N–H and O–H groups in total. The molecular weight excluding hydrogens is 206 g/mol. The average molecular weight is 217 g/mol. The molecule has 0 aromatic carbocycles. The van der Waals surface area contributed by atoms with Crippen LogP contribution < -0.4 is 0 Å². The highest BCUT2D eigenvalue weighted by Gasteiger charge is 2.16. The molecule has 0 rings (SSSR count). The topological polar surface area (TPSA) is 102 Å². The minimum Gasteiger partial charge on any atom is -0.476 e. The van der Waals surface area contributed by atoms with Crippen molar-refractivity contribution in [2.75, 3.05) is 13.2 Å². The maximum Gasteiger partial charge on any atom is 0.361 e. The highest BCUT2D eigenvalue weighted by Crippen LogP contribution is 1.87. The van der Waals surface area contributed by atoms with Gasteiger partial charge in [0, 0.05) is 6.92 Å². The molecule has 7 nitrogen and oxygen atoms in total. The van der Waals surface area contributed by atoms with Crippen LogP contribution in [-0.4, -0.2) is 41.8 Å². The van der Waals surface area contributed by atoms with E-state index in [1.165, 1.54) is 0 Å². The fraction of sp³-hybridized carbons (Fsp3) is 0.500. The van der Waals surface area contributed by atoms with Crippen LogP contribution in [0.3, 0.4) is 0 Å². The number of ketones is 1. The SMILES string of the molecule is CCOC(=O)CO/N=C(\C(C)=O)C(=O)O. The van der Waals surface area contributed by atoms with Crippen LogP contribution in [0.15, 0.2) is 5.16 Å². The molecule has 0 saturated carbocycles. The number of oxime groups is 1. The van der Waals surface area contributed by atoms with Gasteiger partial charge in [0.25, 0.3) is 0 Å². The summed E-state index contributed by atoms with van der Waals surface area (Å²) in [5, 5.41) is 11.5. The Morgan fingerprint density at radius 3 is 2.33 bits per heavy atom. The van der Waals surface area contributed by atoms with Gasteiger partial charge in [0.2, 0.25) is 12.3 Å². The lowest BCUT2D eigenvalue weighted by molar-refractivity contribution is -0.148. The second-order valence-corrected chi connectivity index (χ2v) is 2.38. The van der Waals surface area contributed by atoms with E-state index in [1.54, 1.807) is 6.92 Å². The van der Waals surface area contributed by atoms with E-state index in [2.05, 4.69) is 14.7 Å². The van der Waals surface area contributed by atoms with Gasteiger partial charge in [-0.25, -0.2) is 9.59 Å². The molecule has 15 heavy (non-hydrogen) atoms. The molecule has 0 bridgehead atoms. The number of carboxylic acids is 1. The van der Waals surface area contributed by atoms with E-state index in [0.29, 0.717) is 0 Å². The summed E-state index contributed by atoms with van der Waals surface area (Å²) in [6.07, 6.45) is 0. The van der Waals surface area contributed by atoms with Gasteiger partial charge < -0.3 is 14.7 Å². The molecule has 0 amide bonds. The summed E-state index contributed by atoms with van der Waals surface area (Å²) >= 11 is 0. The first kappa shape index (κ1) is 13.1. The van der Waals surface area contributed by atoms with Gasteiger partial charge in [0.05, 0.1) is 6.61 Å². The number of rotatable bonds is 6. The Morgan fingerprint density at radius 1 is 1.33 bits per heavy atom. The number of hydrogen-bond acceptors (Lipinski definition) is 6. The highest BCUT2D eigenvalue weighted by atomic mass is 16.7. The standard InChI is InChI=1S/C8H11NO6/c1-3-14-6(11)4-15-9-7(5(2)10)8(12)13/h3-4H2,1-2H3,(H,12,13)/b9-7+. The third kappa shape index (κ3) is 5.40. The minimum atomic E-state index is -1.51. The Labute approximate surface area is 85.6 Å². The van der Waals surface area contributed by atoms with Crippen molar-refractivity contribution in [3.8, 4) is 0 Å². The normalized spacial score (nSPS) is 10.7. The molecule has 0 aromatic heterocycles. The van der Waals surface area contributed by atoms with Crippen LogP contribution in [0.1, 0.15) is 13.8 Å². The molecule has 0 aliphatic rings. The van der Waals surface area contributed by atoms with Crippen molar-refractivity contribution in [1.82, 2.24) is 0 Å². The zero-order chi connectivity index (χ0) is 11.8. The highest BCUT2D eigenvalue weighted by molar-refractivity contribution is 6.63. The van der Waals surface area contributed by atoms with Crippen LogP contribution in [0.2, 0.25) is 0 Å². The zero-order valence-electron chi connectivity index (χ0n) is 8.35. The molecular formula is C8H11NO6. The molecule has 0 aliphatic heterocycles. The van der Waals surface area contributed by atoms with Crippen LogP contribution in [0.25, 0.3) is 0 Å². The van der Waals surface area contributed by atoms with Gasteiger partial charge >= 0.3 is 11.9 Å². The summed E-state index contributed by atoms with van der Waals surface area (Å²) in [6.45, 7) is 2.29. The molecule has 0 saturated heterocycles. The lowest BCUT2D eigenvalue weighted by Crippen LogP contribution is -2.22. The van der Waals surface area contributed by atoms with Crippen LogP contribution >= 0.6 is 0 Å². The van der Waals surface area contributed by atoms with Gasteiger partial charge in [0.1, 0.15) is 0 Å². The minimum absolute atomic E-state index is 0.185. The summed E-state index contributed by atoms with van der Waals surface area (Å²) < 4.78 is 4.48. The second kappa shape index (κ2) is 6.52. The summed E-state index contributed by atoms with van der Waals surface area (Å²) in [7, 11) is 0. The number of nitrogens with zero attached hydrogens (tertiary/aromatic N) is 1. The molecule has 0 heterocycles. The fourth-order valence-electron chi connectivity index (χ4n) is 0.606. The number of ether oxygens (including phenoxy) is 1. The Morgan fingerprint density at radius 2 is 1.93 bits per heavy atom. The lowest BCUT2D eigenvalue weighted by Gasteiger charge is -2.00. The van der Waals surface area contributed by atoms with Crippen molar-refractivity contribution >= 4 is 23.4 Å². The van der Waals surface area contributed by atoms with Crippen LogP contribution in [-0.2, 0) is 24.0 Å². The number of carbonyl (C=O) groups excluding carboxylic acids is 2. The molecule has 0 unspecified atom stereocenters. The van der Waals surface area contributed by atoms with E-state index in [9.17, 15) is 14.4 Å². The molecule has 0 aromatic rings. The molecule has 0 aliphatic carbocycles. The van der Waals surface area contributed by atoms with Crippen molar-refractivity contribution in [3.63, 3.8) is 0 Å². The smallest absolute Gasteiger partial charge is 0.361 e. The maximum atomic E-state index is 10.7. The number of carboxylic acid groups (broad SMARTS) is 1. The van der Waals surface area contributed by atoms with E-state index in [4.69, 9.17) is 5.11 Å². The van der Waals surface area contributed by atoms with Gasteiger partial charge in [0.15, 0.2) is 5.78 Å². The maximum absolute atomic E-state index is 10.7. The van der Waals surface area contributed by atoms with Crippen LogP contribution in [0.4, 0.5) is 0 Å².